The van der Waals surface area contributed by atoms with Gasteiger partial charge in [0.15, 0.2) is 0 Å². The van der Waals surface area contributed by atoms with E-state index in [9.17, 15) is 15.3 Å². The summed E-state index contributed by atoms with van der Waals surface area (Å²) in [7, 11) is 0. The first-order valence-electron chi connectivity index (χ1n) is 8.64. The Kier molecular flexibility index (Phi) is 4.41. The van der Waals surface area contributed by atoms with Gasteiger partial charge in [-0.1, -0.05) is 6.07 Å². The monoisotopic (exact) mass is 348 g/mol. The van der Waals surface area contributed by atoms with E-state index in [1.807, 2.05) is 65.0 Å². The van der Waals surface area contributed by atoms with E-state index < -0.39 is 0 Å². The SMILES string of the molecule is Cc1cc(-c2c(C)ccc(O)c2-c2cc(C)c(O)c(C)c2)cc(C)c1O. The standard InChI is InChI=1S/C23H24O3/c1-12-6-7-19(24)21(18-10-15(4)23(26)16(5)11-18)20(12)17-8-13(2)22(25)14(3)9-17/h6-11,24-26H,1-5H3. The first kappa shape index (κ1) is 17.9. The van der Waals surface area contributed by atoms with Gasteiger partial charge in [-0.05, 0) is 109 Å². The Morgan fingerprint density at radius 2 is 0.885 bits per heavy atom. The van der Waals surface area contributed by atoms with E-state index in [-0.39, 0.29) is 11.5 Å². The summed E-state index contributed by atoms with van der Waals surface area (Å²) >= 11 is 0. The molecule has 134 valence electrons. The molecule has 0 saturated carbocycles. The van der Waals surface area contributed by atoms with Crippen LogP contribution in [0.4, 0.5) is 0 Å². The summed E-state index contributed by atoms with van der Waals surface area (Å²) in [5, 5.41) is 30.9. The molecular formula is C23H24O3. The summed E-state index contributed by atoms with van der Waals surface area (Å²) < 4.78 is 0. The summed E-state index contributed by atoms with van der Waals surface area (Å²) in [5.74, 6) is 0.765. The lowest BCUT2D eigenvalue weighted by Gasteiger charge is -2.18. The molecule has 0 heterocycles. The fourth-order valence-electron chi connectivity index (χ4n) is 3.56. The van der Waals surface area contributed by atoms with Crippen LogP contribution in [0.3, 0.4) is 0 Å². The highest BCUT2D eigenvalue weighted by atomic mass is 16.3. The van der Waals surface area contributed by atoms with Crippen molar-refractivity contribution in [2.24, 2.45) is 0 Å². The molecule has 3 rings (SSSR count). The van der Waals surface area contributed by atoms with Crippen molar-refractivity contribution in [1.82, 2.24) is 0 Å². The minimum Gasteiger partial charge on any atom is -0.507 e. The number of benzene rings is 3. The largest absolute Gasteiger partial charge is 0.507 e. The number of rotatable bonds is 2. The number of hydrogen-bond acceptors (Lipinski definition) is 3. The lowest BCUT2D eigenvalue weighted by Crippen LogP contribution is -1.94. The fraction of sp³-hybridized carbons (Fsp3) is 0.217. The summed E-state index contributed by atoms with van der Waals surface area (Å²) in [6, 6.07) is 11.3. The van der Waals surface area contributed by atoms with Crippen molar-refractivity contribution in [2.75, 3.05) is 0 Å². The van der Waals surface area contributed by atoms with Crippen LogP contribution in [0.15, 0.2) is 36.4 Å². The molecule has 0 aliphatic heterocycles. The number of phenolic OH excluding ortho intramolecular Hbond substituents is 3. The second kappa shape index (κ2) is 6.41. The van der Waals surface area contributed by atoms with Crippen molar-refractivity contribution in [3.8, 4) is 39.5 Å². The maximum Gasteiger partial charge on any atom is 0.124 e. The highest BCUT2D eigenvalue weighted by molar-refractivity contribution is 5.90. The predicted octanol–water partition coefficient (Wildman–Crippen LogP) is 5.68. The minimum atomic E-state index is 0.193. The van der Waals surface area contributed by atoms with Crippen LogP contribution < -0.4 is 0 Å². The van der Waals surface area contributed by atoms with E-state index in [2.05, 4.69) is 0 Å². The maximum absolute atomic E-state index is 10.7. The summed E-state index contributed by atoms with van der Waals surface area (Å²) in [6.45, 7) is 9.47. The fourth-order valence-corrected chi connectivity index (χ4v) is 3.56. The van der Waals surface area contributed by atoms with Crippen molar-refractivity contribution in [1.29, 1.82) is 0 Å². The normalized spacial score (nSPS) is 11.0. The van der Waals surface area contributed by atoms with Gasteiger partial charge in [0.25, 0.3) is 0 Å². The van der Waals surface area contributed by atoms with Gasteiger partial charge in [-0.15, -0.1) is 0 Å². The molecule has 0 amide bonds. The zero-order valence-corrected chi connectivity index (χ0v) is 15.8. The Hall–Kier alpha value is -2.94. The molecule has 0 aromatic heterocycles. The summed E-state index contributed by atoms with van der Waals surface area (Å²) in [4.78, 5) is 0. The summed E-state index contributed by atoms with van der Waals surface area (Å²) in [6.07, 6.45) is 0. The highest BCUT2D eigenvalue weighted by Crippen LogP contribution is 2.43. The molecular weight excluding hydrogens is 324 g/mol. The van der Waals surface area contributed by atoms with E-state index in [1.165, 1.54) is 0 Å². The molecule has 0 saturated heterocycles. The Balaban J connectivity index is 2.37. The molecule has 0 atom stereocenters. The molecule has 3 aromatic carbocycles. The average molecular weight is 348 g/mol. The smallest absolute Gasteiger partial charge is 0.124 e. The molecule has 3 nitrogen and oxygen atoms in total. The van der Waals surface area contributed by atoms with Gasteiger partial charge in [0.1, 0.15) is 17.2 Å². The topological polar surface area (TPSA) is 60.7 Å². The van der Waals surface area contributed by atoms with Gasteiger partial charge in [0.2, 0.25) is 0 Å². The molecule has 0 spiro atoms. The van der Waals surface area contributed by atoms with Crippen LogP contribution in [-0.2, 0) is 0 Å². The number of aromatic hydroxyl groups is 3. The van der Waals surface area contributed by atoms with Crippen LogP contribution in [0.1, 0.15) is 27.8 Å². The van der Waals surface area contributed by atoms with Gasteiger partial charge < -0.3 is 15.3 Å². The van der Waals surface area contributed by atoms with Crippen LogP contribution in [0, 0.1) is 34.6 Å². The van der Waals surface area contributed by atoms with Crippen molar-refractivity contribution < 1.29 is 15.3 Å². The third-order valence-corrected chi connectivity index (χ3v) is 4.95. The Morgan fingerprint density at radius 3 is 1.31 bits per heavy atom. The molecule has 0 unspecified atom stereocenters. The van der Waals surface area contributed by atoms with Gasteiger partial charge in [0, 0.05) is 5.56 Å². The van der Waals surface area contributed by atoms with E-state index in [1.54, 1.807) is 6.07 Å². The Bertz CT molecular complexity index is 888. The Labute approximate surface area is 154 Å². The average Bonchev–Trinajstić information content (AvgIpc) is 2.58. The maximum atomic E-state index is 10.7. The zero-order chi connectivity index (χ0) is 19.2. The zero-order valence-electron chi connectivity index (χ0n) is 15.8. The number of hydrogen-bond donors (Lipinski definition) is 3. The third kappa shape index (κ3) is 2.90. The molecule has 0 bridgehead atoms. The highest BCUT2D eigenvalue weighted by Gasteiger charge is 2.18. The molecule has 3 heteroatoms. The van der Waals surface area contributed by atoms with Crippen molar-refractivity contribution in [3.63, 3.8) is 0 Å². The van der Waals surface area contributed by atoms with Crippen LogP contribution in [0.5, 0.6) is 17.2 Å². The first-order valence-corrected chi connectivity index (χ1v) is 8.64. The van der Waals surface area contributed by atoms with Crippen LogP contribution in [0.2, 0.25) is 0 Å². The van der Waals surface area contributed by atoms with Gasteiger partial charge in [-0.25, -0.2) is 0 Å². The van der Waals surface area contributed by atoms with E-state index >= 15 is 0 Å². The molecule has 0 radical (unpaired) electrons. The Morgan fingerprint density at radius 1 is 0.500 bits per heavy atom. The van der Waals surface area contributed by atoms with Gasteiger partial charge in [-0.2, -0.15) is 0 Å². The number of aryl methyl sites for hydroxylation is 5. The van der Waals surface area contributed by atoms with Crippen molar-refractivity contribution >= 4 is 0 Å². The second-order valence-corrected chi connectivity index (χ2v) is 7.07. The van der Waals surface area contributed by atoms with Crippen molar-refractivity contribution in [2.45, 2.75) is 34.6 Å². The lowest BCUT2D eigenvalue weighted by molar-refractivity contribution is 0.466. The van der Waals surface area contributed by atoms with Gasteiger partial charge >= 0.3 is 0 Å². The van der Waals surface area contributed by atoms with Gasteiger partial charge in [0.05, 0.1) is 0 Å². The lowest BCUT2D eigenvalue weighted by atomic mass is 9.87. The molecule has 26 heavy (non-hydrogen) atoms. The third-order valence-electron chi connectivity index (χ3n) is 4.95. The predicted molar refractivity (Wildman–Crippen MR) is 106 cm³/mol. The number of phenols is 3. The molecule has 0 aliphatic carbocycles. The minimum absolute atomic E-state index is 0.193. The summed E-state index contributed by atoms with van der Waals surface area (Å²) in [5.41, 5.74) is 7.64. The van der Waals surface area contributed by atoms with Crippen LogP contribution in [0.25, 0.3) is 22.3 Å². The van der Waals surface area contributed by atoms with E-state index in [4.69, 9.17) is 0 Å². The molecule has 3 aromatic rings. The van der Waals surface area contributed by atoms with Crippen molar-refractivity contribution in [3.05, 3.63) is 64.2 Å². The van der Waals surface area contributed by atoms with Gasteiger partial charge in [-0.3, -0.25) is 0 Å². The van der Waals surface area contributed by atoms with E-state index in [0.29, 0.717) is 5.75 Å². The molecule has 3 N–H and O–H groups in total. The van der Waals surface area contributed by atoms with E-state index in [0.717, 1.165) is 50.1 Å². The first-order chi connectivity index (χ1) is 12.2. The van der Waals surface area contributed by atoms with Crippen LogP contribution >= 0.6 is 0 Å². The second-order valence-electron chi connectivity index (χ2n) is 7.07. The molecule has 0 aliphatic rings. The molecule has 0 fully saturated rings. The quantitative estimate of drug-likeness (QED) is 0.558. The van der Waals surface area contributed by atoms with Crippen LogP contribution in [-0.4, -0.2) is 15.3 Å².